The van der Waals surface area contributed by atoms with Gasteiger partial charge in [-0.1, -0.05) is 12.5 Å². The number of benzene rings is 1. The smallest absolute Gasteiger partial charge is 0.280 e. The van der Waals surface area contributed by atoms with Crippen molar-refractivity contribution in [1.82, 2.24) is 9.03 Å². The maximum atomic E-state index is 12.5. The SMILES string of the molecule is Cl.Nc1ccc2c(c1)CCCC2NS(=O)(=O)N1CCCCC1. The lowest BCUT2D eigenvalue weighted by molar-refractivity contribution is 0.336. The third-order valence-electron chi connectivity index (χ3n) is 4.43. The van der Waals surface area contributed by atoms with Gasteiger partial charge in [0, 0.05) is 24.8 Å². The van der Waals surface area contributed by atoms with Gasteiger partial charge in [-0.15, -0.1) is 12.4 Å². The van der Waals surface area contributed by atoms with Gasteiger partial charge in [0.25, 0.3) is 10.2 Å². The van der Waals surface area contributed by atoms with Crippen LogP contribution in [0.4, 0.5) is 5.69 Å². The predicted molar refractivity (Wildman–Crippen MR) is 91.3 cm³/mol. The first-order valence-corrected chi connectivity index (χ1v) is 9.16. The van der Waals surface area contributed by atoms with Crippen LogP contribution in [0.3, 0.4) is 0 Å². The van der Waals surface area contributed by atoms with E-state index in [9.17, 15) is 8.42 Å². The van der Waals surface area contributed by atoms with Crippen molar-refractivity contribution in [1.29, 1.82) is 0 Å². The summed E-state index contributed by atoms with van der Waals surface area (Å²) in [5.41, 5.74) is 8.82. The molecule has 1 saturated heterocycles. The van der Waals surface area contributed by atoms with E-state index in [1.165, 1.54) is 5.56 Å². The Kier molecular flexibility index (Phi) is 5.71. The summed E-state index contributed by atoms with van der Waals surface area (Å²) in [7, 11) is -3.38. The van der Waals surface area contributed by atoms with Crippen LogP contribution in [0.2, 0.25) is 0 Å². The molecule has 2 aliphatic rings. The molecule has 3 rings (SSSR count). The molecule has 0 spiro atoms. The van der Waals surface area contributed by atoms with Gasteiger partial charge in [0.1, 0.15) is 0 Å². The van der Waals surface area contributed by atoms with Gasteiger partial charge in [-0.3, -0.25) is 0 Å². The summed E-state index contributed by atoms with van der Waals surface area (Å²) in [6.45, 7) is 1.27. The number of nitrogen functional groups attached to an aromatic ring is 1. The molecule has 1 aliphatic carbocycles. The molecule has 0 aromatic heterocycles. The molecule has 1 atom stereocenters. The lowest BCUT2D eigenvalue weighted by atomic mass is 9.88. The Labute approximate surface area is 138 Å². The second kappa shape index (κ2) is 7.17. The minimum Gasteiger partial charge on any atom is -0.399 e. The van der Waals surface area contributed by atoms with E-state index in [4.69, 9.17) is 5.73 Å². The molecule has 1 aliphatic heterocycles. The van der Waals surface area contributed by atoms with E-state index in [-0.39, 0.29) is 18.4 Å². The van der Waals surface area contributed by atoms with Crippen LogP contribution in [-0.2, 0) is 16.6 Å². The number of piperidine rings is 1. The van der Waals surface area contributed by atoms with Crippen LogP contribution in [0.1, 0.15) is 49.3 Å². The highest BCUT2D eigenvalue weighted by Crippen LogP contribution is 2.32. The third kappa shape index (κ3) is 3.74. The molecule has 1 aromatic carbocycles. The highest BCUT2D eigenvalue weighted by molar-refractivity contribution is 7.87. The highest BCUT2D eigenvalue weighted by Gasteiger charge is 2.29. The number of rotatable bonds is 3. The van der Waals surface area contributed by atoms with Crippen molar-refractivity contribution < 1.29 is 8.42 Å². The van der Waals surface area contributed by atoms with Crippen molar-refractivity contribution in [3.05, 3.63) is 29.3 Å². The number of hydrogen-bond donors (Lipinski definition) is 2. The van der Waals surface area contributed by atoms with Crippen LogP contribution in [0.15, 0.2) is 18.2 Å². The summed E-state index contributed by atoms with van der Waals surface area (Å²) in [6, 6.07) is 5.66. The molecular weight excluding hydrogens is 322 g/mol. The van der Waals surface area contributed by atoms with Crippen LogP contribution in [-0.4, -0.2) is 25.8 Å². The lowest BCUT2D eigenvalue weighted by Crippen LogP contribution is -2.45. The second-order valence-corrected chi connectivity index (χ2v) is 7.69. The number of nitrogens with zero attached hydrogens (tertiary/aromatic N) is 1. The molecule has 0 bridgehead atoms. The molecule has 0 amide bonds. The van der Waals surface area contributed by atoms with Crippen LogP contribution < -0.4 is 10.5 Å². The Morgan fingerprint density at radius 3 is 2.59 bits per heavy atom. The van der Waals surface area contributed by atoms with E-state index in [1.807, 2.05) is 18.2 Å². The normalized spacial score (nSPS) is 22.6. The molecule has 1 fully saturated rings. The Balaban J connectivity index is 0.00000176. The maximum Gasteiger partial charge on any atom is 0.280 e. The van der Waals surface area contributed by atoms with E-state index in [0.717, 1.165) is 49.8 Å². The second-order valence-electron chi connectivity index (χ2n) is 5.99. The Morgan fingerprint density at radius 1 is 1.14 bits per heavy atom. The first-order chi connectivity index (χ1) is 10.1. The number of anilines is 1. The van der Waals surface area contributed by atoms with Gasteiger partial charge in [0.05, 0.1) is 0 Å². The minimum absolute atomic E-state index is 0. The van der Waals surface area contributed by atoms with Crippen molar-refractivity contribution in [2.24, 2.45) is 0 Å². The molecule has 0 radical (unpaired) electrons. The molecule has 5 nitrogen and oxygen atoms in total. The largest absolute Gasteiger partial charge is 0.399 e. The number of aryl methyl sites for hydroxylation is 1. The zero-order chi connectivity index (χ0) is 14.9. The van der Waals surface area contributed by atoms with Gasteiger partial charge >= 0.3 is 0 Å². The van der Waals surface area contributed by atoms with Crippen LogP contribution in [0.25, 0.3) is 0 Å². The lowest BCUT2D eigenvalue weighted by Gasteiger charge is -2.31. The number of halogens is 1. The summed E-state index contributed by atoms with van der Waals surface area (Å²) in [5, 5.41) is 0. The summed E-state index contributed by atoms with van der Waals surface area (Å²) < 4.78 is 29.5. The molecule has 124 valence electrons. The fraction of sp³-hybridized carbons (Fsp3) is 0.600. The topological polar surface area (TPSA) is 75.4 Å². The van der Waals surface area contributed by atoms with E-state index in [0.29, 0.717) is 13.1 Å². The van der Waals surface area contributed by atoms with Gasteiger partial charge in [-0.2, -0.15) is 17.4 Å². The van der Waals surface area contributed by atoms with E-state index < -0.39 is 10.2 Å². The zero-order valence-corrected chi connectivity index (χ0v) is 14.3. The minimum atomic E-state index is -3.38. The van der Waals surface area contributed by atoms with Crippen molar-refractivity contribution in [3.8, 4) is 0 Å². The monoisotopic (exact) mass is 345 g/mol. The van der Waals surface area contributed by atoms with Gasteiger partial charge < -0.3 is 5.73 Å². The first-order valence-electron chi connectivity index (χ1n) is 7.72. The first kappa shape index (κ1) is 17.5. The summed E-state index contributed by atoms with van der Waals surface area (Å²) in [6.07, 6.45) is 5.85. The number of nitrogens with one attached hydrogen (secondary N) is 1. The van der Waals surface area contributed by atoms with Gasteiger partial charge in [-0.25, -0.2) is 0 Å². The molecule has 1 aromatic rings. The van der Waals surface area contributed by atoms with E-state index in [2.05, 4.69) is 4.72 Å². The maximum absolute atomic E-state index is 12.5. The number of hydrogen-bond acceptors (Lipinski definition) is 3. The van der Waals surface area contributed by atoms with Crippen LogP contribution in [0.5, 0.6) is 0 Å². The molecule has 7 heteroatoms. The summed E-state index contributed by atoms with van der Waals surface area (Å²) >= 11 is 0. The Hall–Kier alpha value is -0.820. The molecule has 22 heavy (non-hydrogen) atoms. The fourth-order valence-corrected chi connectivity index (χ4v) is 4.81. The van der Waals surface area contributed by atoms with Crippen LogP contribution in [0, 0.1) is 0 Å². The quantitative estimate of drug-likeness (QED) is 0.826. The van der Waals surface area contributed by atoms with Gasteiger partial charge in [-0.05, 0) is 55.4 Å². The average molecular weight is 346 g/mol. The van der Waals surface area contributed by atoms with Crippen molar-refractivity contribution in [2.45, 2.75) is 44.6 Å². The number of nitrogens with two attached hydrogens (primary N) is 1. The third-order valence-corrected chi connectivity index (χ3v) is 6.05. The van der Waals surface area contributed by atoms with E-state index in [1.54, 1.807) is 4.31 Å². The fourth-order valence-electron chi connectivity index (χ4n) is 3.32. The Bertz CT molecular complexity index is 615. The summed E-state index contributed by atoms with van der Waals surface area (Å²) in [5.74, 6) is 0. The van der Waals surface area contributed by atoms with Gasteiger partial charge in [0.2, 0.25) is 0 Å². The summed E-state index contributed by atoms with van der Waals surface area (Å²) in [4.78, 5) is 0. The molecular formula is C15H24ClN3O2S. The van der Waals surface area contributed by atoms with E-state index >= 15 is 0 Å². The highest BCUT2D eigenvalue weighted by atomic mass is 35.5. The predicted octanol–water partition coefficient (Wildman–Crippen LogP) is 2.39. The van der Waals surface area contributed by atoms with Crippen molar-refractivity contribution >= 4 is 28.3 Å². The average Bonchev–Trinajstić information content (AvgIpc) is 2.48. The number of fused-ring (bicyclic) bond motifs is 1. The molecule has 1 heterocycles. The van der Waals surface area contributed by atoms with Crippen molar-refractivity contribution in [3.63, 3.8) is 0 Å². The Morgan fingerprint density at radius 2 is 1.86 bits per heavy atom. The van der Waals surface area contributed by atoms with Gasteiger partial charge in [0.15, 0.2) is 0 Å². The van der Waals surface area contributed by atoms with Crippen LogP contribution >= 0.6 is 12.4 Å². The zero-order valence-electron chi connectivity index (χ0n) is 12.6. The molecule has 0 saturated carbocycles. The van der Waals surface area contributed by atoms with Crippen molar-refractivity contribution in [2.75, 3.05) is 18.8 Å². The molecule has 3 N–H and O–H groups in total. The molecule has 1 unspecified atom stereocenters. The standard InChI is InChI=1S/C15H23N3O2S.ClH/c16-13-7-8-14-12(11-13)5-4-6-15(14)17-21(19,20)18-9-2-1-3-10-18;/h7-8,11,15,17H,1-6,9-10,16H2;1H.